The Balaban J connectivity index is 1.77. The molecular weight excluding hydrogens is 270 g/mol. The highest BCUT2D eigenvalue weighted by Crippen LogP contribution is 2.24. The van der Waals surface area contributed by atoms with Gasteiger partial charge in [-0.2, -0.15) is 0 Å². The molecule has 0 saturated heterocycles. The van der Waals surface area contributed by atoms with Crippen LogP contribution in [-0.2, 0) is 6.61 Å². The first-order chi connectivity index (χ1) is 10.3. The van der Waals surface area contributed by atoms with Crippen molar-refractivity contribution in [3.05, 3.63) is 60.2 Å². The van der Waals surface area contributed by atoms with Crippen LogP contribution in [0.15, 0.2) is 53.1 Å². The van der Waals surface area contributed by atoms with E-state index >= 15 is 0 Å². The number of ether oxygens (including phenoxy) is 1. The van der Waals surface area contributed by atoms with E-state index in [9.17, 15) is 4.79 Å². The normalized spacial score (nSPS) is 10.5. The molecule has 1 amide bonds. The van der Waals surface area contributed by atoms with Crippen LogP contribution in [0, 0.1) is 0 Å². The van der Waals surface area contributed by atoms with Crippen molar-refractivity contribution in [3.8, 4) is 5.75 Å². The minimum atomic E-state index is -0.479. The number of hydrazine groups is 1. The highest BCUT2D eigenvalue weighted by Gasteiger charge is 2.10. The fraction of sp³-hybridized carbons (Fsp3) is 0.0667. The fourth-order valence-corrected chi connectivity index (χ4v) is 1.99. The SMILES string of the molecule is NNC(=O)c1ccc(COc2cccc3cccnc23)o1. The monoisotopic (exact) mass is 283 g/mol. The van der Waals surface area contributed by atoms with E-state index < -0.39 is 5.91 Å². The third-order valence-corrected chi connectivity index (χ3v) is 2.98. The number of benzene rings is 1. The van der Waals surface area contributed by atoms with Crippen molar-refractivity contribution >= 4 is 16.8 Å². The van der Waals surface area contributed by atoms with E-state index in [4.69, 9.17) is 15.0 Å². The van der Waals surface area contributed by atoms with Gasteiger partial charge in [0.2, 0.25) is 0 Å². The number of hydrogen-bond acceptors (Lipinski definition) is 5. The summed E-state index contributed by atoms with van der Waals surface area (Å²) < 4.78 is 11.0. The number of furan rings is 1. The van der Waals surface area contributed by atoms with Gasteiger partial charge in [0.1, 0.15) is 23.6 Å². The largest absolute Gasteiger partial charge is 0.483 e. The number of nitrogens with one attached hydrogen (secondary N) is 1. The van der Waals surface area contributed by atoms with Crippen LogP contribution in [0.4, 0.5) is 0 Å². The van der Waals surface area contributed by atoms with Gasteiger partial charge in [0.05, 0.1) is 0 Å². The highest BCUT2D eigenvalue weighted by atomic mass is 16.5. The summed E-state index contributed by atoms with van der Waals surface area (Å²) in [4.78, 5) is 15.6. The zero-order chi connectivity index (χ0) is 14.7. The lowest BCUT2D eigenvalue weighted by Gasteiger charge is -2.06. The van der Waals surface area contributed by atoms with Gasteiger partial charge in [-0.05, 0) is 24.3 Å². The summed E-state index contributed by atoms with van der Waals surface area (Å²) in [6.07, 6.45) is 1.71. The molecule has 3 rings (SSSR count). The van der Waals surface area contributed by atoms with Crippen molar-refractivity contribution < 1.29 is 13.9 Å². The van der Waals surface area contributed by atoms with Gasteiger partial charge in [-0.25, -0.2) is 5.84 Å². The minimum absolute atomic E-state index is 0.146. The zero-order valence-corrected chi connectivity index (χ0v) is 11.1. The van der Waals surface area contributed by atoms with Crippen molar-refractivity contribution in [1.82, 2.24) is 10.4 Å². The van der Waals surface area contributed by atoms with Crippen LogP contribution in [-0.4, -0.2) is 10.9 Å². The summed E-state index contributed by atoms with van der Waals surface area (Å²) >= 11 is 0. The van der Waals surface area contributed by atoms with Crippen LogP contribution in [0.25, 0.3) is 10.9 Å². The fourth-order valence-electron chi connectivity index (χ4n) is 1.99. The number of fused-ring (bicyclic) bond motifs is 1. The second kappa shape index (κ2) is 5.64. The number of hydrogen-bond donors (Lipinski definition) is 2. The Hall–Kier alpha value is -2.86. The molecule has 6 nitrogen and oxygen atoms in total. The Morgan fingerprint density at radius 1 is 1.24 bits per heavy atom. The summed E-state index contributed by atoms with van der Waals surface area (Å²) in [6.45, 7) is 0.202. The molecule has 21 heavy (non-hydrogen) atoms. The lowest BCUT2D eigenvalue weighted by Crippen LogP contribution is -2.29. The molecule has 0 radical (unpaired) electrons. The molecule has 0 atom stereocenters. The maximum absolute atomic E-state index is 11.3. The molecule has 0 unspecified atom stereocenters. The number of pyridine rings is 1. The molecule has 0 fully saturated rings. The summed E-state index contributed by atoms with van der Waals surface area (Å²) in [6, 6.07) is 12.7. The van der Waals surface area contributed by atoms with E-state index in [0.29, 0.717) is 11.5 Å². The number of rotatable bonds is 4. The first-order valence-electron chi connectivity index (χ1n) is 6.34. The molecule has 0 aliphatic rings. The van der Waals surface area contributed by atoms with E-state index in [1.807, 2.05) is 35.8 Å². The smallest absolute Gasteiger partial charge is 0.300 e. The molecule has 0 aliphatic carbocycles. The minimum Gasteiger partial charge on any atom is -0.483 e. The number of para-hydroxylation sites is 1. The van der Waals surface area contributed by atoms with Crippen molar-refractivity contribution in [2.75, 3.05) is 0 Å². The standard InChI is InChI=1S/C15H13N3O3/c16-18-15(19)13-7-6-11(21-13)9-20-12-5-1-3-10-4-2-8-17-14(10)12/h1-8H,9,16H2,(H,18,19). The maximum atomic E-state index is 11.3. The first-order valence-corrected chi connectivity index (χ1v) is 6.34. The van der Waals surface area contributed by atoms with Crippen LogP contribution in [0.1, 0.15) is 16.3 Å². The quantitative estimate of drug-likeness (QED) is 0.434. The first kappa shape index (κ1) is 13.1. The van der Waals surface area contributed by atoms with Gasteiger partial charge in [-0.1, -0.05) is 18.2 Å². The topological polar surface area (TPSA) is 90.4 Å². The summed E-state index contributed by atoms with van der Waals surface area (Å²) in [5.41, 5.74) is 2.79. The molecule has 2 heterocycles. The van der Waals surface area contributed by atoms with E-state index in [-0.39, 0.29) is 12.4 Å². The predicted octanol–water partition coefficient (Wildman–Crippen LogP) is 2.01. The molecule has 2 aromatic heterocycles. The third-order valence-electron chi connectivity index (χ3n) is 2.98. The van der Waals surface area contributed by atoms with Gasteiger partial charge in [0, 0.05) is 11.6 Å². The van der Waals surface area contributed by atoms with Gasteiger partial charge < -0.3 is 9.15 Å². The van der Waals surface area contributed by atoms with E-state index in [0.717, 1.165) is 10.9 Å². The lowest BCUT2D eigenvalue weighted by molar-refractivity contribution is 0.0922. The molecule has 0 bridgehead atoms. The zero-order valence-electron chi connectivity index (χ0n) is 11.1. The Morgan fingerprint density at radius 3 is 2.95 bits per heavy atom. The second-order valence-electron chi connectivity index (χ2n) is 4.36. The van der Waals surface area contributed by atoms with E-state index in [1.54, 1.807) is 18.3 Å². The molecule has 0 saturated carbocycles. The Kier molecular flexibility index (Phi) is 3.53. The number of nitrogens with two attached hydrogens (primary N) is 1. The summed E-state index contributed by atoms with van der Waals surface area (Å²) in [5, 5.41) is 0.998. The van der Waals surface area contributed by atoms with Crippen molar-refractivity contribution in [1.29, 1.82) is 0 Å². The highest BCUT2D eigenvalue weighted by molar-refractivity contribution is 5.90. The van der Waals surface area contributed by atoms with Gasteiger partial charge >= 0.3 is 5.91 Å². The van der Waals surface area contributed by atoms with Gasteiger partial charge in [0.25, 0.3) is 0 Å². The van der Waals surface area contributed by atoms with Crippen molar-refractivity contribution in [3.63, 3.8) is 0 Å². The van der Waals surface area contributed by atoms with Crippen LogP contribution in [0.2, 0.25) is 0 Å². The Morgan fingerprint density at radius 2 is 2.10 bits per heavy atom. The van der Waals surface area contributed by atoms with Gasteiger partial charge in [-0.15, -0.1) is 0 Å². The van der Waals surface area contributed by atoms with Crippen LogP contribution < -0.4 is 16.0 Å². The predicted molar refractivity (Wildman–Crippen MR) is 76.4 cm³/mol. The van der Waals surface area contributed by atoms with E-state index in [1.165, 1.54) is 0 Å². The molecule has 0 spiro atoms. The number of nitrogen functional groups attached to an aromatic ring is 1. The second-order valence-corrected chi connectivity index (χ2v) is 4.36. The van der Waals surface area contributed by atoms with Crippen LogP contribution in [0.5, 0.6) is 5.75 Å². The molecule has 0 aliphatic heterocycles. The van der Waals surface area contributed by atoms with Crippen molar-refractivity contribution in [2.24, 2.45) is 5.84 Å². The average molecular weight is 283 g/mol. The molecule has 6 heteroatoms. The van der Waals surface area contributed by atoms with E-state index in [2.05, 4.69) is 4.98 Å². The lowest BCUT2D eigenvalue weighted by atomic mass is 10.2. The average Bonchev–Trinajstić information content (AvgIpc) is 3.01. The van der Waals surface area contributed by atoms with Crippen LogP contribution >= 0.6 is 0 Å². The van der Waals surface area contributed by atoms with Crippen molar-refractivity contribution in [2.45, 2.75) is 6.61 Å². The summed E-state index contributed by atoms with van der Waals surface area (Å²) in [7, 11) is 0. The maximum Gasteiger partial charge on any atom is 0.300 e. The molecule has 106 valence electrons. The Bertz CT molecular complexity index is 777. The molecular formula is C15H13N3O3. The number of carbonyl (C=O) groups is 1. The van der Waals surface area contributed by atoms with Gasteiger partial charge in [-0.3, -0.25) is 15.2 Å². The number of amides is 1. The summed E-state index contributed by atoms with van der Waals surface area (Å²) in [5.74, 6) is 5.90. The molecule has 1 aromatic carbocycles. The van der Waals surface area contributed by atoms with Gasteiger partial charge in [0.15, 0.2) is 5.76 Å². The molecule has 3 N–H and O–H groups in total. The number of carbonyl (C=O) groups excluding carboxylic acids is 1. The Labute approximate surface area is 120 Å². The number of aromatic nitrogens is 1. The number of nitrogens with zero attached hydrogens (tertiary/aromatic N) is 1. The third kappa shape index (κ3) is 2.70. The van der Waals surface area contributed by atoms with Crippen LogP contribution in [0.3, 0.4) is 0 Å². The molecule has 3 aromatic rings.